The molecule has 1 aliphatic heterocycles. The number of fused-ring (bicyclic) bond motifs is 2. The highest BCUT2D eigenvalue weighted by atomic mass is 32.2. The second-order valence-electron chi connectivity index (χ2n) is 7.12. The molecular formula is C19H19FN2O4S. The number of hydrogen-bond donors (Lipinski definition) is 2. The Bertz CT molecular complexity index is 1120. The van der Waals surface area contributed by atoms with Gasteiger partial charge in [-0.25, -0.2) is 17.5 Å². The van der Waals surface area contributed by atoms with Crippen LogP contribution >= 0.6 is 0 Å². The smallest absolute Gasteiger partial charge is 0.240 e. The number of sulfonamides is 1. The van der Waals surface area contributed by atoms with Gasteiger partial charge in [-0.2, -0.15) is 0 Å². The largest absolute Gasteiger partial charge is 0.454 e. The number of nitrogens with one attached hydrogen (secondary N) is 2. The summed E-state index contributed by atoms with van der Waals surface area (Å²) in [5.41, 5.74) is 1.07. The molecule has 2 heterocycles. The van der Waals surface area contributed by atoms with E-state index in [2.05, 4.69) is 9.71 Å². The van der Waals surface area contributed by atoms with Crippen molar-refractivity contribution in [2.75, 3.05) is 13.3 Å². The standard InChI is InChI=1S/C19H19FN2O4S/c1-19(2,15-9-21-16-7-12(20)3-5-14(15)16)10-22-27(23,24)13-4-6-17-18(8-13)26-11-25-17/h3-9,21-22H,10-11H2,1-2H3. The Balaban J connectivity index is 1.57. The molecule has 0 atom stereocenters. The molecule has 1 aromatic heterocycles. The van der Waals surface area contributed by atoms with E-state index in [4.69, 9.17) is 9.47 Å². The van der Waals surface area contributed by atoms with Gasteiger partial charge in [-0.15, -0.1) is 0 Å². The minimum absolute atomic E-state index is 0.0838. The number of halogens is 1. The van der Waals surface area contributed by atoms with E-state index in [1.54, 1.807) is 18.3 Å². The van der Waals surface area contributed by atoms with Crippen LogP contribution in [0.2, 0.25) is 0 Å². The van der Waals surface area contributed by atoms with Gasteiger partial charge in [0.15, 0.2) is 11.5 Å². The maximum absolute atomic E-state index is 13.4. The Hall–Kier alpha value is -2.58. The molecule has 142 valence electrons. The highest BCUT2D eigenvalue weighted by Crippen LogP contribution is 2.34. The molecule has 0 spiro atoms. The van der Waals surface area contributed by atoms with Crippen molar-refractivity contribution in [3.8, 4) is 11.5 Å². The number of ether oxygens (including phenoxy) is 2. The van der Waals surface area contributed by atoms with E-state index in [1.165, 1.54) is 24.3 Å². The molecular weight excluding hydrogens is 371 g/mol. The van der Waals surface area contributed by atoms with E-state index in [9.17, 15) is 12.8 Å². The second-order valence-corrected chi connectivity index (χ2v) is 8.88. The van der Waals surface area contributed by atoms with Crippen molar-refractivity contribution < 1.29 is 22.3 Å². The number of benzene rings is 2. The van der Waals surface area contributed by atoms with Crippen molar-refractivity contribution >= 4 is 20.9 Å². The maximum Gasteiger partial charge on any atom is 0.240 e. The van der Waals surface area contributed by atoms with E-state index in [1.807, 2.05) is 13.8 Å². The molecule has 1 aliphatic rings. The van der Waals surface area contributed by atoms with E-state index in [-0.39, 0.29) is 24.1 Å². The quantitative estimate of drug-likeness (QED) is 0.701. The van der Waals surface area contributed by atoms with Crippen LogP contribution in [0.4, 0.5) is 4.39 Å². The molecule has 0 saturated heterocycles. The van der Waals surface area contributed by atoms with Gasteiger partial charge < -0.3 is 14.5 Å². The van der Waals surface area contributed by atoms with Crippen LogP contribution in [0, 0.1) is 5.82 Å². The topological polar surface area (TPSA) is 80.4 Å². The predicted octanol–water partition coefficient (Wildman–Crippen LogP) is 3.29. The summed E-state index contributed by atoms with van der Waals surface area (Å²) in [6.07, 6.45) is 1.79. The van der Waals surface area contributed by atoms with Crippen LogP contribution in [0.1, 0.15) is 19.4 Å². The SMILES string of the molecule is CC(C)(CNS(=O)(=O)c1ccc2c(c1)OCO2)c1c[nH]c2cc(F)ccc12. The predicted molar refractivity (Wildman–Crippen MR) is 99.0 cm³/mol. The van der Waals surface area contributed by atoms with Gasteiger partial charge in [0.2, 0.25) is 16.8 Å². The van der Waals surface area contributed by atoms with Crippen LogP contribution in [0.15, 0.2) is 47.5 Å². The third-order valence-electron chi connectivity index (χ3n) is 4.73. The van der Waals surface area contributed by atoms with E-state index in [0.29, 0.717) is 17.0 Å². The highest BCUT2D eigenvalue weighted by molar-refractivity contribution is 7.89. The summed E-state index contributed by atoms with van der Waals surface area (Å²) >= 11 is 0. The Morgan fingerprint density at radius 3 is 2.74 bits per heavy atom. The summed E-state index contributed by atoms with van der Waals surface area (Å²) in [5, 5.41) is 0.865. The molecule has 0 fully saturated rings. The van der Waals surface area contributed by atoms with Crippen molar-refractivity contribution in [2.45, 2.75) is 24.2 Å². The summed E-state index contributed by atoms with van der Waals surface area (Å²) in [5.74, 6) is 0.619. The monoisotopic (exact) mass is 390 g/mol. The lowest BCUT2D eigenvalue weighted by molar-refractivity contribution is 0.174. The van der Waals surface area contributed by atoms with Crippen LogP contribution in [-0.4, -0.2) is 26.7 Å². The fourth-order valence-electron chi connectivity index (χ4n) is 3.16. The average Bonchev–Trinajstić information content (AvgIpc) is 3.26. The zero-order chi connectivity index (χ0) is 19.2. The molecule has 0 amide bonds. The lowest BCUT2D eigenvalue weighted by atomic mass is 9.85. The van der Waals surface area contributed by atoms with E-state index >= 15 is 0 Å². The highest BCUT2D eigenvalue weighted by Gasteiger charge is 2.27. The van der Waals surface area contributed by atoms with Crippen LogP contribution in [0.25, 0.3) is 10.9 Å². The minimum Gasteiger partial charge on any atom is -0.454 e. The first-order valence-electron chi connectivity index (χ1n) is 8.43. The van der Waals surface area contributed by atoms with Gasteiger partial charge in [-0.3, -0.25) is 0 Å². The van der Waals surface area contributed by atoms with Gasteiger partial charge in [0, 0.05) is 35.1 Å². The third-order valence-corrected chi connectivity index (χ3v) is 6.13. The van der Waals surface area contributed by atoms with Gasteiger partial charge in [-0.05, 0) is 35.9 Å². The van der Waals surface area contributed by atoms with Gasteiger partial charge in [-0.1, -0.05) is 13.8 Å². The van der Waals surface area contributed by atoms with Crippen LogP contribution in [0.5, 0.6) is 11.5 Å². The lowest BCUT2D eigenvalue weighted by Crippen LogP contribution is -2.36. The number of aromatic amines is 1. The second kappa shape index (κ2) is 6.24. The minimum atomic E-state index is -3.72. The molecule has 0 radical (unpaired) electrons. The Morgan fingerprint density at radius 2 is 1.93 bits per heavy atom. The maximum atomic E-state index is 13.4. The molecule has 4 rings (SSSR count). The Morgan fingerprint density at radius 1 is 1.15 bits per heavy atom. The number of hydrogen-bond acceptors (Lipinski definition) is 4. The average molecular weight is 390 g/mol. The molecule has 2 aromatic carbocycles. The zero-order valence-corrected chi connectivity index (χ0v) is 15.7. The molecule has 0 aliphatic carbocycles. The normalized spacial score (nSPS) is 14.0. The van der Waals surface area contributed by atoms with Crippen LogP contribution in [0.3, 0.4) is 0 Å². The molecule has 0 bridgehead atoms. The summed E-state index contributed by atoms with van der Waals surface area (Å²) in [4.78, 5) is 3.16. The summed E-state index contributed by atoms with van der Waals surface area (Å²) in [6, 6.07) is 9.03. The van der Waals surface area contributed by atoms with E-state index in [0.717, 1.165) is 10.9 Å². The fraction of sp³-hybridized carbons (Fsp3) is 0.263. The fourth-order valence-corrected chi connectivity index (χ4v) is 4.38. The molecule has 3 aromatic rings. The van der Waals surface area contributed by atoms with Crippen molar-refractivity contribution in [3.05, 3.63) is 54.0 Å². The molecule has 2 N–H and O–H groups in total. The van der Waals surface area contributed by atoms with Crippen molar-refractivity contribution in [2.24, 2.45) is 0 Å². The number of rotatable bonds is 5. The van der Waals surface area contributed by atoms with Crippen LogP contribution in [-0.2, 0) is 15.4 Å². The molecule has 6 nitrogen and oxygen atoms in total. The number of aromatic nitrogens is 1. The van der Waals surface area contributed by atoms with Gasteiger partial charge >= 0.3 is 0 Å². The van der Waals surface area contributed by atoms with E-state index < -0.39 is 15.4 Å². The third kappa shape index (κ3) is 3.26. The Kier molecular flexibility index (Phi) is 4.12. The van der Waals surface area contributed by atoms with Crippen molar-refractivity contribution in [3.63, 3.8) is 0 Å². The number of H-pyrrole nitrogens is 1. The summed E-state index contributed by atoms with van der Waals surface area (Å²) in [7, 11) is -3.72. The molecule has 0 saturated carbocycles. The first-order valence-corrected chi connectivity index (χ1v) is 9.91. The van der Waals surface area contributed by atoms with Crippen LogP contribution < -0.4 is 14.2 Å². The van der Waals surface area contributed by atoms with Gasteiger partial charge in [0.25, 0.3) is 0 Å². The lowest BCUT2D eigenvalue weighted by Gasteiger charge is -2.25. The first-order chi connectivity index (χ1) is 12.8. The van der Waals surface area contributed by atoms with Gasteiger partial charge in [0.1, 0.15) is 5.82 Å². The molecule has 27 heavy (non-hydrogen) atoms. The summed E-state index contributed by atoms with van der Waals surface area (Å²) in [6.45, 7) is 4.12. The van der Waals surface area contributed by atoms with Crippen molar-refractivity contribution in [1.29, 1.82) is 0 Å². The molecule has 8 heteroatoms. The van der Waals surface area contributed by atoms with Gasteiger partial charge in [0.05, 0.1) is 4.90 Å². The molecule has 0 unspecified atom stereocenters. The zero-order valence-electron chi connectivity index (χ0n) is 14.9. The van der Waals surface area contributed by atoms with Crippen molar-refractivity contribution in [1.82, 2.24) is 9.71 Å². The Labute approximate surface area is 156 Å². The first kappa shape index (κ1) is 17.8. The summed E-state index contributed by atoms with van der Waals surface area (Å²) < 4.78 is 51.9.